The molecule has 0 aliphatic heterocycles. The first-order valence-corrected chi connectivity index (χ1v) is 11.9. The number of nitrogens with two attached hydrogens (primary N) is 1. The number of hydrogen-bond donors (Lipinski definition) is 1. The number of thiophene rings is 1. The zero-order chi connectivity index (χ0) is 22.8. The maximum atomic E-state index is 13.0. The van der Waals surface area contributed by atoms with E-state index in [9.17, 15) is 21.6 Å². The summed E-state index contributed by atoms with van der Waals surface area (Å²) in [5.74, 6) is 0. The van der Waals surface area contributed by atoms with E-state index in [0.717, 1.165) is 23.7 Å². The summed E-state index contributed by atoms with van der Waals surface area (Å²) in [5, 5.41) is 1.98. The second kappa shape index (κ2) is 8.86. The quantitative estimate of drug-likeness (QED) is 0.451. The molecule has 10 heteroatoms. The molecule has 3 rings (SSSR count). The van der Waals surface area contributed by atoms with Crippen LogP contribution in [0.5, 0.6) is 0 Å². The van der Waals surface area contributed by atoms with Crippen molar-refractivity contribution in [2.75, 3.05) is 6.26 Å². The Balaban J connectivity index is 2.10. The van der Waals surface area contributed by atoms with Crippen LogP contribution in [0.15, 0.2) is 81.6 Å². The molecular formula is C21H16ClF3N2O2S2. The molecule has 162 valence electrons. The molecular weight excluding hydrogens is 469 g/mol. The fraction of sp³-hybridized carbons (Fsp3) is 0.0952. The number of rotatable bonds is 5. The molecule has 0 fully saturated rings. The lowest BCUT2D eigenvalue weighted by molar-refractivity contribution is -0.0925. The lowest BCUT2D eigenvalue weighted by atomic mass is 10.1. The SMILES string of the molecule is CS(=O)(=O)c1cccc(-c2csc(C(C=C(N)C(F)(F)F)=Nc3ccccc3Cl)c2)c1. The molecule has 31 heavy (non-hydrogen) atoms. The minimum Gasteiger partial charge on any atom is -0.395 e. The van der Waals surface area contributed by atoms with Crippen LogP contribution in [0.1, 0.15) is 4.88 Å². The predicted octanol–water partition coefficient (Wildman–Crippen LogP) is 6.00. The Bertz CT molecular complexity index is 1280. The van der Waals surface area contributed by atoms with Crippen LogP contribution in [0.25, 0.3) is 11.1 Å². The molecule has 0 saturated carbocycles. The molecule has 0 amide bonds. The highest BCUT2D eigenvalue weighted by Gasteiger charge is 2.32. The zero-order valence-corrected chi connectivity index (χ0v) is 18.4. The maximum Gasteiger partial charge on any atom is 0.430 e. The van der Waals surface area contributed by atoms with Crippen molar-refractivity contribution in [3.63, 3.8) is 0 Å². The highest BCUT2D eigenvalue weighted by molar-refractivity contribution is 7.90. The standard InChI is InChI=1S/C21H16ClF3N2O2S2/c1-31(28,29)15-6-4-5-13(9-15)14-10-19(30-12-14)18(11-20(26)21(23,24)25)27-17-8-3-2-7-16(17)22/h2-12H,26H2,1H3. The monoisotopic (exact) mass is 484 g/mol. The maximum absolute atomic E-state index is 13.0. The molecule has 2 N–H and O–H groups in total. The highest BCUT2D eigenvalue weighted by atomic mass is 35.5. The summed E-state index contributed by atoms with van der Waals surface area (Å²) in [6.45, 7) is 0. The number of sulfone groups is 1. The number of nitrogens with zero attached hydrogens (tertiary/aromatic N) is 1. The van der Waals surface area contributed by atoms with E-state index >= 15 is 0 Å². The smallest absolute Gasteiger partial charge is 0.395 e. The molecule has 0 aliphatic rings. The van der Waals surface area contributed by atoms with Crippen LogP contribution in [0, 0.1) is 0 Å². The van der Waals surface area contributed by atoms with Crippen molar-refractivity contribution in [1.82, 2.24) is 0 Å². The Morgan fingerprint density at radius 1 is 1.10 bits per heavy atom. The lowest BCUT2D eigenvalue weighted by Crippen LogP contribution is -2.20. The fourth-order valence-corrected chi connectivity index (χ4v) is 4.31. The molecule has 1 aromatic heterocycles. The Morgan fingerprint density at radius 2 is 1.81 bits per heavy atom. The van der Waals surface area contributed by atoms with Gasteiger partial charge in [-0.2, -0.15) is 13.2 Å². The van der Waals surface area contributed by atoms with Gasteiger partial charge >= 0.3 is 6.18 Å². The van der Waals surface area contributed by atoms with Crippen molar-refractivity contribution in [3.05, 3.63) is 81.7 Å². The summed E-state index contributed by atoms with van der Waals surface area (Å²) >= 11 is 7.26. The number of halogens is 4. The summed E-state index contributed by atoms with van der Waals surface area (Å²) in [4.78, 5) is 4.84. The number of allylic oxidation sites excluding steroid dienone is 2. The Labute approximate surface area is 186 Å². The van der Waals surface area contributed by atoms with Gasteiger partial charge in [0.05, 0.1) is 26.2 Å². The van der Waals surface area contributed by atoms with Crippen molar-refractivity contribution in [2.24, 2.45) is 10.7 Å². The number of hydrogen-bond acceptors (Lipinski definition) is 5. The van der Waals surface area contributed by atoms with Crippen LogP contribution < -0.4 is 5.73 Å². The van der Waals surface area contributed by atoms with Gasteiger partial charge in [-0.25, -0.2) is 13.4 Å². The zero-order valence-electron chi connectivity index (χ0n) is 16.0. The van der Waals surface area contributed by atoms with Gasteiger partial charge in [0.25, 0.3) is 0 Å². The van der Waals surface area contributed by atoms with Crippen LogP contribution in [-0.2, 0) is 9.84 Å². The first kappa shape index (κ1) is 23.1. The number of benzene rings is 2. The largest absolute Gasteiger partial charge is 0.430 e. The molecule has 0 atom stereocenters. The second-order valence-corrected chi connectivity index (χ2v) is 9.88. The molecule has 0 spiro atoms. The van der Waals surface area contributed by atoms with Gasteiger partial charge in [-0.3, -0.25) is 0 Å². The summed E-state index contributed by atoms with van der Waals surface area (Å²) < 4.78 is 62.8. The van der Waals surface area contributed by atoms with Crippen molar-refractivity contribution >= 4 is 44.2 Å². The van der Waals surface area contributed by atoms with E-state index in [1.54, 1.807) is 47.8 Å². The molecule has 3 aromatic rings. The molecule has 0 unspecified atom stereocenters. The molecule has 0 aliphatic carbocycles. The highest BCUT2D eigenvalue weighted by Crippen LogP contribution is 2.31. The number of alkyl halides is 3. The van der Waals surface area contributed by atoms with Gasteiger partial charge in [0.2, 0.25) is 0 Å². The minimum atomic E-state index is -4.72. The average Bonchev–Trinajstić information content (AvgIpc) is 3.18. The molecule has 0 radical (unpaired) electrons. The third-order valence-electron chi connectivity index (χ3n) is 4.16. The summed E-state index contributed by atoms with van der Waals surface area (Å²) in [6, 6.07) is 14.4. The van der Waals surface area contributed by atoms with E-state index in [4.69, 9.17) is 17.3 Å². The molecule has 4 nitrogen and oxygen atoms in total. The van der Waals surface area contributed by atoms with Gasteiger partial charge in [-0.05, 0) is 52.9 Å². The van der Waals surface area contributed by atoms with Crippen molar-refractivity contribution < 1.29 is 21.6 Å². The van der Waals surface area contributed by atoms with Crippen molar-refractivity contribution in [3.8, 4) is 11.1 Å². The van der Waals surface area contributed by atoms with Crippen LogP contribution in [0.4, 0.5) is 18.9 Å². The van der Waals surface area contributed by atoms with Gasteiger partial charge < -0.3 is 5.73 Å². The van der Waals surface area contributed by atoms with Gasteiger partial charge in [0.15, 0.2) is 9.84 Å². The van der Waals surface area contributed by atoms with E-state index in [2.05, 4.69) is 4.99 Å². The molecule has 1 heterocycles. The lowest BCUT2D eigenvalue weighted by Gasteiger charge is -2.08. The van der Waals surface area contributed by atoms with E-state index in [1.165, 1.54) is 12.1 Å². The van der Waals surface area contributed by atoms with Crippen LogP contribution in [-0.4, -0.2) is 26.6 Å². The minimum absolute atomic E-state index is 0.0153. The van der Waals surface area contributed by atoms with Gasteiger partial charge in [0, 0.05) is 6.26 Å². The average molecular weight is 485 g/mol. The van der Waals surface area contributed by atoms with E-state index < -0.39 is 21.7 Å². The molecule has 0 saturated heterocycles. The van der Waals surface area contributed by atoms with E-state index in [1.807, 2.05) is 0 Å². The van der Waals surface area contributed by atoms with Gasteiger partial charge in [-0.15, -0.1) is 11.3 Å². The Hall–Kier alpha value is -2.62. The van der Waals surface area contributed by atoms with E-state index in [0.29, 0.717) is 21.7 Å². The van der Waals surface area contributed by atoms with Crippen molar-refractivity contribution in [2.45, 2.75) is 11.1 Å². The van der Waals surface area contributed by atoms with Crippen molar-refractivity contribution in [1.29, 1.82) is 0 Å². The fourth-order valence-electron chi connectivity index (χ4n) is 2.59. The summed E-state index contributed by atoms with van der Waals surface area (Å²) in [6.07, 6.45) is -2.86. The topological polar surface area (TPSA) is 72.5 Å². The van der Waals surface area contributed by atoms with Crippen LogP contribution in [0.2, 0.25) is 5.02 Å². The predicted molar refractivity (Wildman–Crippen MR) is 119 cm³/mol. The first-order chi connectivity index (χ1) is 14.4. The third-order valence-corrected chi connectivity index (χ3v) is 6.54. The normalized spacial score (nSPS) is 13.5. The number of para-hydroxylation sites is 1. The van der Waals surface area contributed by atoms with Gasteiger partial charge in [-0.1, -0.05) is 35.9 Å². The first-order valence-electron chi connectivity index (χ1n) is 8.72. The molecule has 0 bridgehead atoms. The van der Waals surface area contributed by atoms with E-state index in [-0.39, 0.29) is 15.6 Å². The number of aliphatic imine (C=N–C) groups is 1. The summed E-state index contributed by atoms with van der Waals surface area (Å²) in [7, 11) is -3.41. The third kappa shape index (κ3) is 5.75. The van der Waals surface area contributed by atoms with Crippen LogP contribution in [0.3, 0.4) is 0 Å². The second-order valence-electron chi connectivity index (χ2n) is 6.55. The molecule has 2 aromatic carbocycles. The van der Waals surface area contributed by atoms with Gasteiger partial charge in [0.1, 0.15) is 5.70 Å². The Kier molecular flexibility index (Phi) is 6.59. The summed E-state index contributed by atoms with van der Waals surface area (Å²) in [5.41, 5.74) is 5.45. The van der Waals surface area contributed by atoms with Crippen LogP contribution >= 0.6 is 22.9 Å². The Morgan fingerprint density at radius 3 is 2.45 bits per heavy atom.